The highest BCUT2D eigenvalue weighted by molar-refractivity contribution is 5.94. The number of carbonyl (C=O) groups excluding carboxylic acids is 1. The molecule has 1 amide bonds. The molecular weight excluding hydrogens is 264 g/mol. The summed E-state index contributed by atoms with van der Waals surface area (Å²) in [7, 11) is 1.62. The molecule has 0 spiro atoms. The predicted octanol–water partition coefficient (Wildman–Crippen LogP) is 2.90. The fraction of sp³-hybridized carbons (Fsp3) is 0.294. The molecule has 0 saturated carbocycles. The number of benzene rings is 1. The topological polar surface area (TPSA) is 51.2 Å². The fourth-order valence-corrected chi connectivity index (χ4v) is 2.67. The molecule has 1 atom stereocenters. The summed E-state index contributed by atoms with van der Waals surface area (Å²) in [5.74, 6) is 0.678. The Hall–Kier alpha value is -2.36. The molecule has 1 aliphatic carbocycles. The van der Waals surface area contributed by atoms with Crippen LogP contribution < -0.4 is 10.1 Å². The van der Waals surface area contributed by atoms with Crippen LogP contribution in [0.2, 0.25) is 0 Å². The van der Waals surface area contributed by atoms with Gasteiger partial charge in [0.05, 0.1) is 5.69 Å². The van der Waals surface area contributed by atoms with Gasteiger partial charge in [-0.15, -0.1) is 0 Å². The highest BCUT2D eigenvalue weighted by atomic mass is 16.5. The zero-order valence-electron chi connectivity index (χ0n) is 12.0. The van der Waals surface area contributed by atoms with E-state index in [1.807, 2.05) is 24.4 Å². The summed E-state index contributed by atoms with van der Waals surface area (Å²) < 4.78 is 6.06. The van der Waals surface area contributed by atoms with Crippen LogP contribution in [0, 0.1) is 0 Å². The number of ether oxygens (including phenoxy) is 1. The summed E-state index contributed by atoms with van der Waals surface area (Å²) >= 11 is 0. The average molecular weight is 282 g/mol. The van der Waals surface area contributed by atoms with Gasteiger partial charge in [0.2, 0.25) is 0 Å². The maximum atomic E-state index is 11.5. The van der Waals surface area contributed by atoms with Gasteiger partial charge in [0.1, 0.15) is 11.9 Å². The van der Waals surface area contributed by atoms with E-state index >= 15 is 0 Å². The second-order valence-electron chi connectivity index (χ2n) is 5.15. The molecule has 4 nitrogen and oxygen atoms in total. The number of amides is 1. The van der Waals surface area contributed by atoms with E-state index in [0.29, 0.717) is 5.56 Å². The van der Waals surface area contributed by atoms with Gasteiger partial charge in [-0.2, -0.15) is 0 Å². The van der Waals surface area contributed by atoms with E-state index in [9.17, 15) is 4.79 Å². The third kappa shape index (κ3) is 2.89. The van der Waals surface area contributed by atoms with E-state index in [1.165, 1.54) is 5.56 Å². The van der Waals surface area contributed by atoms with E-state index in [4.69, 9.17) is 4.74 Å². The lowest BCUT2D eigenvalue weighted by Crippen LogP contribution is -2.18. The Labute approximate surface area is 124 Å². The normalized spacial score (nSPS) is 16.9. The van der Waals surface area contributed by atoms with Crippen molar-refractivity contribution in [2.75, 3.05) is 7.05 Å². The van der Waals surface area contributed by atoms with Gasteiger partial charge in [0, 0.05) is 18.8 Å². The molecule has 108 valence electrons. The lowest BCUT2D eigenvalue weighted by molar-refractivity contribution is 0.0963. The highest BCUT2D eigenvalue weighted by Gasteiger charge is 2.22. The first-order chi connectivity index (χ1) is 10.3. The van der Waals surface area contributed by atoms with Crippen LogP contribution in [0.15, 0.2) is 42.6 Å². The SMILES string of the molecule is CNC(=O)c1ccc(OC2CCCc3cccnc32)cc1. The van der Waals surface area contributed by atoms with Gasteiger partial charge in [0.25, 0.3) is 5.91 Å². The Morgan fingerprint density at radius 3 is 2.86 bits per heavy atom. The summed E-state index contributed by atoms with van der Waals surface area (Å²) in [5.41, 5.74) is 2.95. The lowest BCUT2D eigenvalue weighted by Gasteiger charge is -2.25. The molecule has 0 bridgehead atoms. The van der Waals surface area contributed by atoms with E-state index in [-0.39, 0.29) is 12.0 Å². The number of carbonyl (C=O) groups is 1. The van der Waals surface area contributed by atoms with Crippen LogP contribution >= 0.6 is 0 Å². The number of aryl methyl sites for hydroxylation is 1. The van der Waals surface area contributed by atoms with Crippen molar-refractivity contribution in [3.63, 3.8) is 0 Å². The van der Waals surface area contributed by atoms with Crippen molar-refractivity contribution < 1.29 is 9.53 Å². The average Bonchev–Trinajstić information content (AvgIpc) is 2.55. The Morgan fingerprint density at radius 2 is 2.10 bits per heavy atom. The number of nitrogens with zero attached hydrogens (tertiary/aromatic N) is 1. The number of fused-ring (bicyclic) bond motifs is 1. The van der Waals surface area contributed by atoms with Gasteiger partial charge in [-0.25, -0.2) is 0 Å². The maximum Gasteiger partial charge on any atom is 0.251 e. The van der Waals surface area contributed by atoms with Crippen LogP contribution in [0.25, 0.3) is 0 Å². The van der Waals surface area contributed by atoms with Crippen LogP contribution in [-0.4, -0.2) is 17.9 Å². The van der Waals surface area contributed by atoms with Gasteiger partial charge in [-0.3, -0.25) is 9.78 Å². The molecule has 1 heterocycles. The van der Waals surface area contributed by atoms with Crippen molar-refractivity contribution in [3.05, 3.63) is 59.4 Å². The molecule has 1 aliphatic rings. The molecule has 21 heavy (non-hydrogen) atoms. The number of aromatic nitrogens is 1. The van der Waals surface area contributed by atoms with Gasteiger partial charge < -0.3 is 10.1 Å². The van der Waals surface area contributed by atoms with Crippen LogP contribution in [0.1, 0.15) is 40.6 Å². The van der Waals surface area contributed by atoms with Crippen molar-refractivity contribution >= 4 is 5.91 Å². The quantitative estimate of drug-likeness (QED) is 0.941. The zero-order valence-corrected chi connectivity index (χ0v) is 12.0. The third-order valence-corrected chi connectivity index (χ3v) is 3.77. The maximum absolute atomic E-state index is 11.5. The number of hydrogen-bond donors (Lipinski definition) is 1. The van der Waals surface area contributed by atoms with Crippen molar-refractivity contribution in [3.8, 4) is 5.75 Å². The van der Waals surface area contributed by atoms with E-state index < -0.39 is 0 Å². The Balaban J connectivity index is 1.77. The summed E-state index contributed by atoms with van der Waals surface area (Å²) in [4.78, 5) is 16.0. The monoisotopic (exact) mass is 282 g/mol. The summed E-state index contributed by atoms with van der Waals surface area (Å²) in [6, 6.07) is 11.3. The number of rotatable bonds is 3. The van der Waals surface area contributed by atoms with E-state index in [2.05, 4.69) is 16.4 Å². The van der Waals surface area contributed by atoms with Gasteiger partial charge in [-0.05, 0) is 55.2 Å². The van der Waals surface area contributed by atoms with Gasteiger partial charge >= 0.3 is 0 Å². The first-order valence-electron chi connectivity index (χ1n) is 7.20. The second-order valence-corrected chi connectivity index (χ2v) is 5.15. The molecule has 3 rings (SSSR count). The molecule has 1 aromatic heterocycles. The molecule has 0 aliphatic heterocycles. The number of hydrogen-bond acceptors (Lipinski definition) is 3. The van der Waals surface area contributed by atoms with Crippen molar-refractivity contribution in [2.45, 2.75) is 25.4 Å². The number of pyridine rings is 1. The van der Waals surface area contributed by atoms with Crippen molar-refractivity contribution in [2.24, 2.45) is 0 Å². The van der Waals surface area contributed by atoms with E-state index in [0.717, 1.165) is 30.7 Å². The Kier molecular flexibility index (Phi) is 3.86. The molecule has 1 aromatic carbocycles. The van der Waals surface area contributed by atoms with Crippen molar-refractivity contribution in [1.29, 1.82) is 0 Å². The molecule has 0 radical (unpaired) electrons. The van der Waals surface area contributed by atoms with Crippen LogP contribution in [-0.2, 0) is 6.42 Å². The fourth-order valence-electron chi connectivity index (χ4n) is 2.67. The molecule has 1 unspecified atom stereocenters. The zero-order chi connectivity index (χ0) is 14.7. The number of nitrogens with one attached hydrogen (secondary N) is 1. The van der Waals surface area contributed by atoms with Crippen LogP contribution in [0.5, 0.6) is 5.75 Å². The summed E-state index contributed by atoms with van der Waals surface area (Å²) in [6.07, 6.45) is 4.97. The first kappa shape index (κ1) is 13.6. The minimum absolute atomic E-state index is 0.000742. The first-order valence-corrected chi connectivity index (χ1v) is 7.20. The molecule has 0 fully saturated rings. The smallest absolute Gasteiger partial charge is 0.251 e. The lowest BCUT2D eigenvalue weighted by atomic mass is 9.94. The standard InChI is InChI=1S/C17H18N2O2/c1-18-17(20)13-7-9-14(10-8-13)21-15-6-2-4-12-5-3-11-19-16(12)15/h3,5,7-11,15H,2,4,6H2,1H3,(H,18,20). The van der Waals surface area contributed by atoms with Gasteiger partial charge in [-0.1, -0.05) is 6.07 Å². The predicted molar refractivity (Wildman–Crippen MR) is 80.4 cm³/mol. The second kappa shape index (κ2) is 5.95. The minimum Gasteiger partial charge on any atom is -0.484 e. The molecule has 2 aromatic rings. The largest absolute Gasteiger partial charge is 0.484 e. The Morgan fingerprint density at radius 1 is 1.29 bits per heavy atom. The van der Waals surface area contributed by atoms with Crippen LogP contribution in [0.4, 0.5) is 0 Å². The Bertz CT molecular complexity index is 637. The molecule has 0 saturated heterocycles. The highest BCUT2D eigenvalue weighted by Crippen LogP contribution is 2.32. The van der Waals surface area contributed by atoms with Crippen LogP contribution in [0.3, 0.4) is 0 Å². The van der Waals surface area contributed by atoms with Gasteiger partial charge in [0.15, 0.2) is 0 Å². The van der Waals surface area contributed by atoms with E-state index in [1.54, 1.807) is 19.2 Å². The molecular formula is C17H18N2O2. The van der Waals surface area contributed by atoms with Crippen molar-refractivity contribution in [1.82, 2.24) is 10.3 Å². The minimum atomic E-state index is -0.0915. The third-order valence-electron chi connectivity index (χ3n) is 3.77. The molecule has 1 N–H and O–H groups in total. The summed E-state index contributed by atoms with van der Waals surface area (Å²) in [6.45, 7) is 0. The molecule has 4 heteroatoms. The summed E-state index contributed by atoms with van der Waals surface area (Å²) in [5, 5.41) is 2.61.